The molecule has 0 radical (unpaired) electrons. The molecule has 1 saturated heterocycles. The van der Waals surface area contributed by atoms with Gasteiger partial charge in [-0.2, -0.15) is 0 Å². The standard InChI is InChI=1S/C16H28O5Si/c1-9-7-10(17)13-12(9)15(19)21-11(14(13)18)8-20-22(5,6)16(2,3)4/h7,11-15,18-19H,8H2,1-6H3/t11-,12-,13+,14-,15+/m1/s1. The zero-order chi connectivity index (χ0) is 16.9. The van der Waals surface area contributed by atoms with Crippen LogP contribution in [0.4, 0.5) is 0 Å². The Morgan fingerprint density at radius 3 is 2.41 bits per heavy atom. The van der Waals surface area contributed by atoms with E-state index in [1.807, 2.05) is 0 Å². The van der Waals surface area contributed by atoms with Gasteiger partial charge in [0.25, 0.3) is 0 Å². The topological polar surface area (TPSA) is 76.0 Å². The van der Waals surface area contributed by atoms with E-state index in [1.165, 1.54) is 6.08 Å². The van der Waals surface area contributed by atoms with E-state index in [1.54, 1.807) is 6.92 Å². The predicted octanol–water partition coefficient (Wildman–Crippen LogP) is 1.85. The van der Waals surface area contributed by atoms with Crippen LogP contribution in [0, 0.1) is 11.8 Å². The van der Waals surface area contributed by atoms with Crippen molar-refractivity contribution in [2.24, 2.45) is 11.8 Å². The van der Waals surface area contributed by atoms with Crippen LogP contribution in [0.2, 0.25) is 18.1 Å². The number of fused-ring (bicyclic) bond motifs is 1. The fraction of sp³-hybridized carbons (Fsp3) is 0.812. The zero-order valence-corrected chi connectivity index (χ0v) is 15.3. The van der Waals surface area contributed by atoms with Gasteiger partial charge in [-0.1, -0.05) is 26.3 Å². The molecule has 1 fully saturated rings. The number of hydrogen-bond acceptors (Lipinski definition) is 5. The molecule has 2 rings (SSSR count). The van der Waals surface area contributed by atoms with Crippen LogP contribution in [0.15, 0.2) is 11.6 Å². The molecule has 0 saturated carbocycles. The number of carbonyl (C=O) groups excluding carboxylic acids is 1. The molecule has 22 heavy (non-hydrogen) atoms. The molecule has 2 aliphatic rings. The third-order valence-corrected chi connectivity index (χ3v) is 9.90. The first-order valence-corrected chi connectivity index (χ1v) is 10.7. The van der Waals surface area contributed by atoms with E-state index in [0.717, 1.165) is 5.57 Å². The Bertz CT molecular complexity index is 479. The van der Waals surface area contributed by atoms with Crippen molar-refractivity contribution in [3.63, 3.8) is 0 Å². The summed E-state index contributed by atoms with van der Waals surface area (Å²) >= 11 is 0. The van der Waals surface area contributed by atoms with E-state index in [-0.39, 0.29) is 17.4 Å². The molecule has 0 bridgehead atoms. The van der Waals surface area contributed by atoms with Gasteiger partial charge in [-0.25, -0.2) is 0 Å². The molecule has 0 aromatic carbocycles. The molecular weight excluding hydrogens is 300 g/mol. The normalized spacial score (nSPS) is 36.3. The molecule has 0 spiro atoms. The lowest BCUT2D eigenvalue weighted by molar-refractivity contribution is -0.241. The molecular formula is C16H28O5Si. The maximum absolute atomic E-state index is 12.0. The third-order valence-electron chi connectivity index (χ3n) is 5.40. The number of ketones is 1. The van der Waals surface area contributed by atoms with E-state index in [9.17, 15) is 15.0 Å². The van der Waals surface area contributed by atoms with Crippen molar-refractivity contribution >= 4 is 14.1 Å². The van der Waals surface area contributed by atoms with Crippen LogP contribution >= 0.6 is 0 Å². The first-order chi connectivity index (χ1) is 9.95. The Morgan fingerprint density at radius 1 is 1.27 bits per heavy atom. The van der Waals surface area contributed by atoms with Gasteiger partial charge in [-0.15, -0.1) is 0 Å². The van der Waals surface area contributed by atoms with Crippen LogP contribution in [-0.2, 0) is 14.0 Å². The lowest BCUT2D eigenvalue weighted by Gasteiger charge is -2.42. The summed E-state index contributed by atoms with van der Waals surface area (Å²) in [6.07, 6.45) is -1.18. The summed E-state index contributed by atoms with van der Waals surface area (Å²) in [6.45, 7) is 12.6. The van der Waals surface area contributed by atoms with Gasteiger partial charge in [0, 0.05) is 5.92 Å². The first kappa shape index (κ1) is 17.8. The minimum atomic E-state index is -1.98. The van der Waals surface area contributed by atoms with Crippen molar-refractivity contribution < 1.29 is 24.2 Å². The van der Waals surface area contributed by atoms with Gasteiger partial charge in [0.05, 0.1) is 18.6 Å². The number of hydrogen-bond donors (Lipinski definition) is 2. The summed E-state index contributed by atoms with van der Waals surface area (Å²) in [5.74, 6) is -1.18. The van der Waals surface area contributed by atoms with Crippen molar-refractivity contribution in [3.8, 4) is 0 Å². The highest BCUT2D eigenvalue weighted by atomic mass is 28.4. The predicted molar refractivity (Wildman–Crippen MR) is 85.8 cm³/mol. The molecule has 2 N–H and O–H groups in total. The molecule has 5 nitrogen and oxygen atoms in total. The molecule has 0 aromatic heterocycles. The van der Waals surface area contributed by atoms with Gasteiger partial charge >= 0.3 is 0 Å². The number of rotatable bonds is 3. The Morgan fingerprint density at radius 2 is 1.86 bits per heavy atom. The van der Waals surface area contributed by atoms with Crippen molar-refractivity contribution in [1.82, 2.24) is 0 Å². The number of carbonyl (C=O) groups is 1. The average Bonchev–Trinajstić information content (AvgIpc) is 2.66. The van der Waals surface area contributed by atoms with Crippen molar-refractivity contribution in [2.75, 3.05) is 6.61 Å². The van der Waals surface area contributed by atoms with E-state index >= 15 is 0 Å². The van der Waals surface area contributed by atoms with Crippen LogP contribution in [-0.4, -0.2) is 49.4 Å². The molecule has 0 amide bonds. The lowest BCUT2D eigenvalue weighted by atomic mass is 9.81. The highest BCUT2D eigenvalue weighted by molar-refractivity contribution is 6.74. The summed E-state index contributed by atoms with van der Waals surface area (Å²) in [4.78, 5) is 12.0. The van der Waals surface area contributed by atoms with Gasteiger partial charge < -0.3 is 19.4 Å². The third kappa shape index (κ3) is 3.07. The fourth-order valence-electron chi connectivity index (χ4n) is 2.88. The summed E-state index contributed by atoms with van der Waals surface area (Å²) in [7, 11) is -1.98. The summed E-state index contributed by atoms with van der Waals surface area (Å²) in [5, 5.41) is 20.7. The summed E-state index contributed by atoms with van der Waals surface area (Å²) in [5.41, 5.74) is 0.769. The zero-order valence-electron chi connectivity index (χ0n) is 14.3. The minimum absolute atomic E-state index is 0.0507. The van der Waals surface area contributed by atoms with Crippen molar-refractivity contribution in [3.05, 3.63) is 11.6 Å². The van der Waals surface area contributed by atoms with Gasteiger partial charge in [0.15, 0.2) is 20.4 Å². The number of aliphatic hydroxyl groups is 2. The second-order valence-electron chi connectivity index (χ2n) is 7.97. The number of ether oxygens (including phenoxy) is 1. The Hall–Kier alpha value is -0.533. The fourth-order valence-corrected chi connectivity index (χ4v) is 3.89. The Balaban J connectivity index is 2.07. The maximum atomic E-state index is 12.0. The first-order valence-electron chi connectivity index (χ1n) is 7.83. The van der Waals surface area contributed by atoms with E-state index < -0.39 is 38.7 Å². The molecule has 0 unspecified atom stereocenters. The smallest absolute Gasteiger partial charge is 0.192 e. The second-order valence-corrected chi connectivity index (χ2v) is 12.8. The Kier molecular flexibility index (Phi) is 4.72. The maximum Gasteiger partial charge on any atom is 0.192 e. The van der Waals surface area contributed by atoms with Gasteiger partial charge in [-0.3, -0.25) is 4.79 Å². The number of aliphatic hydroxyl groups excluding tert-OH is 2. The summed E-state index contributed by atoms with van der Waals surface area (Å²) < 4.78 is 11.6. The highest BCUT2D eigenvalue weighted by Gasteiger charge is 2.51. The van der Waals surface area contributed by atoms with E-state index in [4.69, 9.17) is 9.16 Å². The average molecular weight is 328 g/mol. The quantitative estimate of drug-likeness (QED) is 0.773. The molecule has 1 heterocycles. The molecule has 0 aromatic rings. The molecule has 126 valence electrons. The van der Waals surface area contributed by atoms with Gasteiger partial charge in [0.2, 0.25) is 0 Å². The van der Waals surface area contributed by atoms with Crippen molar-refractivity contribution in [2.45, 2.75) is 64.3 Å². The summed E-state index contributed by atoms with van der Waals surface area (Å²) in [6, 6.07) is 0. The van der Waals surface area contributed by atoms with Gasteiger partial charge in [-0.05, 0) is 31.1 Å². The van der Waals surface area contributed by atoms with Crippen LogP contribution in [0.1, 0.15) is 27.7 Å². The van der Waals surface area contributed by atoms with E-state index in [0.29, 0.717) is 0 Å². The largest absolute Gasteiger partial charge is 0.414 e. The second kappa shape index (κ2) is 5.83. The van der Waals surface area contributed by atoms with Gasteiger partial charge in [0.1, 0.15) is 6.10 Å². The monoisotopic (exact) mass is 328 g/mol. The van der Waals surface area contributed by atoms with Crippen LogP contribution in [0.5, 0.6) is 0 Å². The molecule has 1 aliphatic heterocycles. The Labute approximate surface area is 133 Å². The molecule has 5 atom stereocenters. The highest BCUT2D eigenvalue weighted by Crippen LogP contribution is 2.41. The number of allylic oxidation sites excluding steroid dienone is 1. The van der Waals surface area contributed by atoms with Crippen molar-refractivity contribution in [1.29, 1.82) is 0 Å². The minimum Gasteiger partial charge on any atom is -0.414 e. The van der Waals surface area contributed by atoms with Crippen LogP contribution in [0.25, 0.3) is 0 Å². The molecule has 1 aliphatic carbocycles. The van der Waals surface area contributed by atoms with Crippen LogP contribution in [0.3, 0.4) is 0 Å². The lowest BCUT2D eigenvalue weighted by Crippen LogP contribution is -2.55. The molecule has 6 heteroatoms. The van der Waals surface area contributed by atoms with E-state index in [2.05, 4.69) is 33.9 Å². The van der Waals surface area contributed by atoms with Crippen LogP contribution < -0.4 is 0 Å². The SMILES string of the molecule is CC1=CC(=O)[C@@H]2[C@H](O)[C@@H](CO[Si](C)(C)C(C)(C)C)O[C@H](O)[C@H]12.